The van der Waals surface area contributed by atoms with Crippen molar-refractivity contribution < 1.29 is 33.0 Å². The van der Waals surface area contributed by atoms with Crippen molar-refractivity contribution in [1.82, 2.24) is 29.5 Å². The van der Waals surface area contributed by atoms with Crippen molar-refractivity contribution in [2.75, 3.05) is 18.6 Å². The van der Waals surface area contributed by atoms with E-state index in [1.807, 2.05) is 13.0 Å². The number of carbonyl (C=O) groups excluding carboxylic acids is 3. The minimum atomic E-state index is -0.879. The van der Waals surface area contributed by atoms with Crippen molar-refractivity contribution in [3.05, 3.63) is 101 Å². The van der Waals surface area contributed by atoms with Gasteiger partial charge >= 0.3 is 5.97 Å². The fraction of sp³-hybridized carbons (Fsp3) is 0.206. The van der Waals surface area contributed by atoms with E-state index >= 15 is 4.39 Å². The number of nitrogens with zero attached hydrogens (tertiary/aromatic N) is 7. The molecule has 0 unspecified atom stereocenters. The Labute approximate surface area is 272 Å². The quantitative estimate of drug-likeness (QED) is 0.107. The minimum Gasteiger partial charge on any atom is -0.480 e. The summed E-state index contributed by atoms with van der Waals surface area (Å²) in [4.78, 5) is 49.9. The van der Waals surface area contributed by atoms with Gasteiger partial charge in [0.25, 0.3) is 11.8 Å². The molecular weight excluding hydrogens is 621 g/mol. The number of pyridine rings is 2. The third kappa shape index (κ3) is 5.21. The molecule has 1 aliphatic rings. The third-order valence-corrected chi connectivity index (χ3v) is 7.88. The van der Waals surface area contributed by atoms with Gasteiger partial charge in [0.05, 0.1) is 41.2 Å². The Morgan fingerprint density at radius 3 is 2.44 bits per heavy atom. The lowest BCUT2D eigenvalue weighted by molar-refractivity contribution is 0.0595. The minimum absolute atomic E-state index is 0.0139. The van der Waals surface area contributed by atoms with Gasteiger partial charge in [-0.1, -0.05) is 19.1 Å². The maximum atomic E-state index is 15.0. The average Bonchev–Trinajstić information content (AvgIpc) is 3.83. The lowest BCUT2D eigenvalue weighted by Crippen LogP contribution is -2.31. The number of fused-ring (bicyclic) bond motifs is 3. The first-order valence-corrected chi connectivity index (χ1v) is 15.1. The van der Waals surface area contributed by atoms with Crippen LogP contribution in [0.5, 0.6) is 5.75 Å². The van der Waals surface area contributed by atoms with Gasteiger partial charge in [0, 0.05) is 35.8 Å². The fourth-order valence-corrected chi connectivity index (χ4v) is 5.60. The Morgan fingerprint density at radius 1 is 0.979 bits per heavy atom. The highest BCUT2D eigenvalue weighted by Crippen LogP contribution is 2.39. The van der Waals surface area contributed by atoms with E-state index in [0.717, 1.165) is 29.9 Å². The SMILES string of the molecule is CCCOCn1ncc2cc(-n3cccn3)c([C@H](C)Oc3cc4cc(C(=O)OC)c(F)cc4nc3N3C(=O)c4ccccc4C3=O)nc21. The summed E-state index contributed by atoms with van der Waals surface area (Å²) in [5.41, 5.74) is 1.75. The van der Waals surface area contributed by atoms with Gasteiger partial charge in [-0.3, -0.25) is 9.59 Å². The molecule has 48 heavy (non-hydrogen) atoms. The molecule has 0 saturated carbocycles. The number of methoxy groups -OCH3 is 1. The van der Waals surface area contributed by atoms with Gasteiger partial charge in [-0.15, -0.1) is 0 Å². The normalized spacial score (nSPS) is 13.4. The Kier molecular flexibility index (Phi) is 7.85. The maximum Gasteiger partial charge on any atom is 0.340 e. The van der Waals surface area contributed by atoms with Crippen LogP contribution in [-0.4, -0.2) is 61.0 Å². The maximum absolute atomic E-state index is 15.0. The summed E-state index contributed by atoms with van der Waals surface area (Å²) in [6.45, 7) is 4.50. The first kappa shape index (κ1) is 30.6. The molecule has 0 bridgehead atoms. The Morgan fingerprint density at radius 2 is 1.75 bits per heavy atom. The zero-order valence-corrected chi connectivity index (χ0v) is 26.1. The molecule has 0 fully saturated rings. The van der Waals surface area contributed by atoms with E-state index in [0.29, 0.717) is 29.0 Å². The number of hydrogen-bond acceptors (Lipinski definition) is 10. The molecule has 0 radical (unpaired) electrons. The molecule has 0 spiro atoms. The van der Waals surface area contributed by atoms with E-state index in [-0.39, 0.29) is 40.5 Å². The van der Waals surface area contributed by atoms with E-state index in [9.17, 15) is 14.4 Å². The zero-order valence-electron chi connectivity index (χ0n) is 26.1. The smallest absolute Gasteiger partial charge is 0.340 e. The first-order chi connectivity index (χ1) is 23.3. The molecule has 1 atom stereocenters. The Hall–Kier alpha value is -6.02. The lowest BCUT2D eigenvalue weighted by Gasteiger charge is -2.22. The molecule has 6 aromatic rings. The number of esters is 1. The van der Waals surface area contributed by atoms with Crippen LogP contribution in [0.3, 0.4) is 0 Å². The van der Waals surface area contributed by atoms with Gasteiger partial charge in [0.15, 0.2) is 17.2 Å². The second kappa shape index (κ2) is 12.3. The van der Waals surface area contributed by atoms with Crippen LogP contribution in [0.1, 0.15) is 63.1 Å². The molecule has 4 aromatic heterocycles. The number of carbonyl (C=O) groups is 3. The topological polar surface area (TPSA) is 144 Å². The summed E-state index contributed by atoms with van der Waals surface area (Å²) in [6, 6.07) is 13.9. The summed E-state index contributed by atoms with van der Waals surface area (Å²) in [7, 11) is 1.15. The van der Waals surface area contributed by atoms with Crippen LogP contribution in [0.2, 0.25) is 0 Å². The van der Waals surface area contributed by atoms with Crippen molar-refractivity contribution in [2.24, 2.45) is 0 Å². The second-order valence-electron chi connectivity index (χ2n) is 11.0. The molecule has 13 nitrogen and oxygen atoms in total. The molecule has 14 heteroatoms. The number of imide groups is 1. The van der Waals surface area contributed by atoms with Gasteiger partial charge in [0.2, 0.25) is 0 Å². The first-order valence-electron chi connectivity index (χ1n) is 15.1. The highest BCUT2D eigenvalue weighted by molar-refractivity contribution is 6.34. The second-order valence-corrected chi connectivity index (χ2v) is 11.0. The number of anilines is 1. The number of ether oxygens (including phenoxy) is 3. The van der Waals surface area contributed by atoms with Gasteiger partial charge in [-0.25, -0.2) is 33.4 Å². The molecule has 5 heterocycles. The molecule has 7 rings (SSSR count). The monoisotopic (exact) mass is 649 g/mol. The number of rotatable bonds is 10. The molecule has 2 amide bonds. The lowest BCUT2D eigenvalue weighted by atomic mass is 10.1. The molecule has 1 aliphatic heterocycles. The number of amides is 2. The summed E-state index contributed by atoms with van der Waals surface area (Å²) < 4.78 is 35.3. The van der Waals surface area contributed by atoms with E-state index in [1.165, 1.54) is 12.1 Å². The number of benzene rings is 2. The number of aromatic nitrogens is 6. The average molecular weight is 650 g/mol. The molecule has 242 valence electrons. The van der Waals surface area contributed by atoms with Crippen LogP contribution in [0.4, 0.5) is 10.2 Å². The van der Waals surface area contributed by atoms with Gasteiger partial charge < -0.3 is 14.2 Å². The summed E-state index contributed by atoms with van der Waals surface area (Å²) in [5.74, 6) is -3.11. The van der Waals surface area contributed by atoms with Crippen molar-refractivity contribution in [3.63, 3.8) is 0 Å². The largest absolute Gasteiger partial charge is 0.480 e. The third-order valence-electron chi connectivity index (χ3n) is 7.88. The standard InChI is InChI=1S/C34H28FN7O6/c1-4-12-47-18-41-30-21(17-37-41)14-27(40-11-7-10-36-40)29(39-30)19(2)48-28-15-20-13-24(34(45)46-3)25(35)16-26(20)38-31(28)42-32(43)22-8-5-6-9-23(22)33(42)44/h5-11,13-17,19H,4,12,18H2,1-3H3/t19-/m0/s1. The van der Waals surface area contributed by atoms with Crippen molar-refractivity contribution >= 4 is 45.5 Å². The van der Waals surface area contributed by atoms with Crippen LogP contribution in [0.25, 0.3) is 27.6 Å². The van der Waals surface area contributed by atoms with E-state index < -0.39 is 29.7 Å². The molecular formula is C34H28FN7O6. The van der Waals surface area contributed by atoms with Crippen molar-refractivity contribution in [3.8, 4) is 11.4 Å². The van der Waals surface area contributed by atoms with Crippen LogP contribution < -0.4 is 9.64 Å². The predicted octanol–water partition coefficient (Wildman–Crippen LogP) is 5.42. The summed E-state index contributed by atoms with van der Waals surface area (Å²) >= 11 is 0. The summed E-state index contributed by atoms with van der Waals surface area (Å²) in [5, 5.41) is 9.89. The highest BCUT2D eigenvalue weighted by atomic mass is 19.1. The van der Waals surface area contributed by atoms with Crippen LogP contribution in [0.15, 0.2) is 73.2 Å². The predicted molar refractivity (Wildman–Crippen MR) is 171 cm³/mol. The van der Waals surface area contributed by atoms with Gasteiger partial charge in [0.1, 0.15) is 24.3 Å². The molecule has 0 aliphatic carbocycles. The van der Waals surface area contributed by atoms with E-state index in [2.05, 4.69) is 15.2 Å². The molecule has 0 N–H and O–H groups in total. The fourth-order valence-electron chi connectivity index (χ4n) is 5.60. The van der Waals surface area contributed by atoms with E-state index in [1.54, 1.807) is 65.2 Å². The zero-order chi connectivity index (χ0) is 33.5. The Bertz CT molecular complexity index is 2200. The van der Waals surface area contributed by atoms with Crippen LogP contribution >= 0.6 is 0 Å². The molecule has 0 saturated heterocycles. The van der Waals surface area contributed by atoms with Gasteiger partial charge in [-0.2, -0.15) is 10.2 Å². The van der Waals surface area contributed by atoms with Crippen molar-refractivity contribution in [2.45, 2.75) is 33.1 Å². The van der Waals surface area contributed by atoms with Crippen LogP contribution in [0, 0.1) is 5.82 Å². The molecule has 2 aromatic carbocycles. The van der Waals surface area contributed by atoms with Crippen molar-refractivity contribution in [1.29, 1.82) is 0 Å². The highest BCUT2D eigenvalue weighted by Gasteiger charge is 2.39. The van der Waals surface area contributed by atoms with E-state index in [4.69, 9.17) is 19.2 Å². The summed E-state index contributed by atoms with van der Waals surface area (Å²) in [6.07, 6.45) is 5.09. The Balaban J connectivity index is 1.37. The number of hydrogen-bond donors (Lipinski definition) is 0. The van der Waals surface area contributed by atoms with Gasteiger partial charge in [-0.05, 0) is 49.7 Å². The number of halogens is 1. The van der Waals surface area contributed by atoms with Crippen LogP contribution in [-0.2, 0) is 16.2 Å².